The van der Waals surface area contributed by atoms with Crippen molar-refractivity contribution in [3.8, 4) is 0 Å². The fourth-order valence-corrected chi connectivity index (χ4v) is 4.35. The van der Waals surface area contributed by atoms with Gasteiger partial charge in [0.25, 0.3) is 0 Å². The molecule has 0 bridgehead atoms. The van der Waals surface area contributed by atoms with Crippen LogP contribution < -0.4 is 10.0 Å². The smallest absolute Gasteiger partial charge is 0.212 e. The summed E-state index contributed by atoms with van der Waals surface area (Å²) in [7, 11) is -3.12. The SMILES string of the molecule is CCCNCCS(=O)(=O)NCC1(SC)CCCC1. The number of hydrogen-bond acceptors (Lipinski definition) is 4. The maximum absolute atomic E-state index is 11.8. The van der Waals surface area contributed by atoms with Gasteiger partial charge in [-0.1, -0.05) is 19.8 Å². The Kier molecular flexibility index (Phi) is 6.98. The molecule has 1 rings (SSSR count). The Balaban J connectivity index is 2.31. The Bertz CT molecular complexity index is 325. The van der Waals surface area contributed by atoms with E-state index in [1.54, 1.807) is 0 Å². The van der Waals surface area contributed by atoms with Crippen LogP contribution in [0.5, 0.6) is 0 Å². The fourth-order valence-electron chi connectivity index (χ4n) is 2.29. The van der Waals surface area contributed by atoms with Crippen LogP contribution in [0.15, 0.2) is 0 Å². The molecule has 4 nitrogen and oxygen atoms in total. The van der Waals surface area contributed by atoms with Crippen LogP contribution in [0.2, 0.25) is 0 Å². The molecule has 0 amide bonds. The molecule has 108 valence electrons. The molecule has 0 unspecified atom stereocenters. The number of rotatable bonds is 9. The lowest BCUT2D eigenvalue weighted by molar-refractivity contribution is 0.548. The lowest BCUT2D eigenvalue weighted by Gasteiger charge is -2.26. The van der Waals surface area contributed by atoms with Gasteiger partial charge >= 0.3 is 0 Å². The minimum absolute atomic E-state index is 0.143. The molecule has 1 aliphatic rings. The van der Waals surface area contributed by atoms with Gasteiger partial charge in [0.15, 0.2) is 0 Å². The first-order chi connectivity index (χ1) is 8.54. The zero-order valence-electron chi connectivity index (χ0n) is 11.5. The number of nitrogens with one attached hydrogen (secondary N) is 2. The number of hydrogen-bond donors (Lipinski definition) is 2. The van der Waals surface area contributed by atoms with E-state index in [1.165, 1.54) is 12.8 Å². The molecule has 0 aromatic heterocycles. The molecule has 0 aliphatic heterocycles. The number of thioether (sulfide) groups is 1. The van der Waals surface area contributed by atoms with Crippen molar-refractivity contribution in [1.29, 1.82) is 0 Å². The molecule has 0 aromatic carbocycles. The lowest BCUT2D eigenvalue weighted by atomic mass is 10.1. The molecule has 1 aliphatic carbocycles. The van der Waals surface area contributed by atoms with Crippen molar-refractivity contribution in [1.82, 2.24) is 10.0 Å². The van der Waals surface area contributed by atoms with Gasteiger partial charge in [0.2, 0.25) is 10.0 Å². The van der Waals surface area contributed by atoms with E-state index in [1.807, 2.05) is 11.8 Å². The minimum atomic E-state index is -3.12. The molecule has 18 heavy (non-hydrogen) atoms. The molecular weight excluding hydrogens is 268 g/mol. The molecule has 0 atom stereocenters. The molecule has 0 radical (unpaired) electrons. The standard InChI is InChI=1S/C12H26N2O2S2/c1-3-8-13-9-10-18(15,16)14-11-12(17-2)6-4-5-7-12/h13-14H,3-11H2,1-2H3. The maximum Gasteiger partial charge on any atom is 0.212 e. The third-order valence-corrected chi connectivity index (χ3v) is 6.28. The van der Waals surface area contributed by atoms with E-state index < -0.39 is 10.0 Å². The van der Waals surface area contributed by atoms with Crippen LogP contribution in [0.1, 0.15) is 39.0 Å². The highest BCUT2D eigenvalue weighted by Gasteiger charge is 2.33. The minimum Gasteiger partial charge on any atom is -0.316 e. The van der Waals surface area contributed by atoms with Crippen LogP contribution in [0, 0.1) is 0 Å². The first kappa shape index (κ1) is 16.3. The van der Waals surface area contributed by atoms with Gasteiger partial charge in [0.05, 0.1) is 5.75 Å². The first-order valence-electron chi connectivity index (χ1n) is 6.77. The average Bonchev–Trinajstić information content (AvgIpc) is 2.82. The Morgan fingerprint density at radius 3 is 2.44 bits per heavy atom. The van der Waals surface area contributed by atoms with Gasteiger partial charge in [-0.15, -0.1) is 0 Å². The van der Waals surface area contributed by atoms with Crippen molar-refractivity contribution < 1.29 is 8.42 Å². The maximum atomic E-state index is 11.8. The van der Waals surface area contributed by atoms with Gasteiger partial charge in [-0.2, -0.15) is 11.8 Å². The summed E-state index contributed by atoms with van der Waals surface area (Å²) in [6.07, 6.45) is 7.82. The van der Waals surface area contributed by atoms with E-state index in [4.69, 9.17) is 0 Å². The van der Waals surface area contributed by atoms with E-state index in [-0.39, 0.29) is 10.5 Å². The molecule has 0 saturated heterocycles. The predicted molar refractivity (Wildman–Crippen MR) is 79.7 cm³/mol. The zero-order valence-corrected chi connectivity index (χ0v) is 13.1. The van der Waals surface area contributed by atoms with Crippen LogP contribution in [-0.4, -0.2) is 44.8 Å². The summed E-state index contributed by atoms with van der Waals surface area (Å²) in [5.41, 5.74) is 0. The lowest BCUT2D eigenvalue weighted by Crippen LogP contribution is -2.41. The third-order valence-electron chi connectivity index (χ3n) is 3.54. The summed E-state index contributed by atoms with van der Waals surface area (Å²) in [6, 6.07) is 0. The summed E-state index contributed by atoms with van der Waals surface area (Å²) in [5, 5.41) is 3.12. The van der Waals surface area contributed by atoms with Gasteiger partial charge in [-0.3, -0.25) is 0 Å². The monoisotopic (exact) mass is 294 g/mol. The molecule has 6 heteroatoms. The van der Waals surface area contributed by atoms with E-state index in [9.17, 15) is 8.42 Å². The van der Waals surface area contributed by atoms with Crippen molar-refractivity contribution in [3.05, 3.63) is 0 Å². The van der Waals surface area contributed by atoms with Gasteiger partial charge in [0, 0.05) is 17.8 Å². The van der Waals surface area contributed by atoms with Gasteiger partial charge < -0.3 is 5.32 Å². The molecule has 0 aromatic rings. The van der Waals surface area contributed by atoms with Crippen LogP contribution in [0.25, 0.3) is 0 Å². The molecule has 2 N–H and O–H groups in total. The Hall–Kier alpha value is 0.220. The first-order valence-corrected chi connectivity index (χ1v) is 9.64. The van der Waals surface area contributed by atoms with Crippen molar-refractivity contribution in [2.45, 2.75) is 43.8 Å². The summed E-state index contributed by atoms with van der Waals surface area (Å²) in [4.78, 5) is 0. The van der Waals surface area contributed by atoms with Crippen molar-refractivity contribution in [3.63, 3.8) is 0 Å². The molecule has 1 saturated carbocycles. The van der Waals surface area contributed by atoms with Crippen LogP contribution >= 0.6 is 11.8 Å². The third kappa shape index (κ3) is 5.47. The second-order valence-corrected chi connectivity index (χ2v) is 8.18. The fraction of sp³-hybridized carbons (Fsp3) is 1.00. The van der Waals surface area contributed by atoms with Crippen molar-refractivity contribution in [2.24, 2.45) is 0 Å². The highest BCUT2D eigenvalue weighted by molar-refractivity contribution is 8.00. The summed E-state index contributed by atoms with van der Waals surface area (Å²) < 4.78 is 26.6. The van der Waals surface area contributed by atoms with E-state index in [0.29, 0.717) is 13.1 Å². The Morgan fingerprint density at radius 1 is 1.22 bits per heavy atom. The quantitative estimate of drug-likeness (QED) is 0.634. The predicted octanol–water partition coefficient (Wildman–Crippen LogP) is 1.58. The highest BCUT2D eigenvalue weighted by atomic mass is 32.2. The van der Waals surface area contributed by atoms with Gasteiger partial charge in [-0.25, -0.2) is 13.1 Å². The zero-order chi connectivity index (χ0) is 13.5. The Morgan fingerprint density at radius 2 is 1.89 bits per heavy atom. The van der Waals surface area contributed by atoms with E-state index in [0.717, 1.165) is 25.8 Å². The largest absolute Gasteiger partial charge is 0.316 e. The summed E-state index contributed by atoms with van der Waals surface area (Å²) in [5.74, 6) is 0.178. The molecule has 0 spiro atoms. The highest BCUT2D eigenvalue weighted by Crippen LogP contribution is 2.39. The average molecular weight is 294 g/mol. The van der Waals surface area contributed by atoms with E-state index in [2.05, 4.69) is 23.2 Å². The van der Waals surface area contributed by atoms with Crippen molar-refractivity contribution in [2.75, 3.05) is 31.6 Å². The molecule has 0 heterocycles. The summed E-state index contributed by atoms with van der Waals surface area (Å²) in [6.45, 7) is 4.08. The second-order valence-electron chi connectivity index (χ2n) is 4.98. The summed E-state index contributed by atoms with van der Waals surface area (Å²) >= 11 is 1.81. The molecular formula is C12H26N2O2S2. The van der Waals surface area contributed by atoms with Crippen LogP contribution in [0.4, 0.5) is 0 Å². The van der Waals surface area contributed by atoms with Gasteiger partial charge in [0.1, 0.15) is 0 Å². The Labute approximate surface area is 116 Å². The van der Waals surface area contributed by atoms with E-state index >= 15 is 0 Å². The van der Waals surface area contributed by atoms with Crippen LogP contribution in [-0.2, 0) is 10.0 Å². The second kappa shape index (κ2) is 7.72. The normalized spacial score (nSPS) is 19.2. The van der Waals surface area contributed by atoms with Crippen LogP contribution in [0.3, 0.4) is 0 Å². The molecule has 1 fully saturated rings. The van der Waals surface area contributed by atoms with Gasteiger partial charge in [-0.05, 0) is 32.1 Å². The number of sulfonamides is 1. The van der Waals surface area contributed by atoms with Crippen molar-refractivity contribution >= 4 is 21.8 Å². The topological polar surface area (TPSA) is 58.2 Å².